The number of hydrogen-bond donors (Lipinski definition) is 1. The summed E-state index contributed by atoms with van der Waals surface area (Å²) in [5, 5.41) is 11.6. The molecule has 1 heterocycles. The number of nitrogens with zero attached hydrogens (tertiary/aromatic N) is 1. The van der Waals surface area contributed by atoms with E-state index in [1.807, 2.05) is 32.0 Å². The highest BCUT2D eigenvalue weighted by Gasteiger charge is 2.46. The minimum absolute atomic E-state index is 0.0287. The Morgan fingerprint density at radius 3 is 2.13 bits per heavy atom. The summed E-state index contributed by atoms with van der Waals surface area (Å²) < 4.78 is 21.7. The van der Waals surface area contributed by atoms with Gasteiger partial charge in [0.25, 0.3) is 11.7 Å². The average Bonchev–Trinajstić information content (AvgIpc) is 3.17. The monoisotopic (exact) mass is 517 g/mol. The number of ether oxygens (including phenoxy) is 4. The molecule has 8 heteroatoms. The normalized spacial score (nSPS) is 16.5. The summed E-state index contributed by atoms with van der Waals surface area (Å²) in [5.74, 6) is 0.240. The number of rotatable bonds is 8. The van der Waals surface area contributed by atoms with Crippen molar-refractivity contribution < 1.29 is 33.6 Å². The highest BCUT2D eigenvalue weighted by molar-refractivity contribution is 6.46. The number of benzene rings is 3. The number of aryl methyl sites for hydroxylation is 2. The van der Waals surface area contributed by atoms with Gasteiger partial charge in [0.1, 0.15) is 17.3 Å². The number of likely N-dealkylation sites (tertiary alicyclic amines) is 1. The predicted molar refractivity (Wildman–Crippen MR) is 143 cm³/mol. The second-order valence-electron chi connectivity index (χ2n) is 9.05. The molecule has 1 amide bonds. The average molecular weight is 518 g/mol. The van der Waals surface area contributed by atoms with Gasteiger partial charge in [0, 0.05) is 6.54 Å². The van der Waals surface area contributed by atoms with Crippen LogP contribution >= 0.6 is 0 Å². The van der Waals surface area contributed by atoms with Gasteiger partial charge >= 0.3 is 0 Å². The smallest absolute Gasteiger partial charge is 0.295 e. The Balaban J connectivity index is 1.93. The van der Waals surface area contributed by atoms with Gasteiger partial charge in [-0.3, -0.25) is 9.59 Å². The number of ketones is 1. The van der Waals surface area contributed by atoms with Gasteiger partial charge in [0.05, 0.1) is 45.6 Å². The Morgan fingerprint density at radius 1 is 0.842 bits per heavy atom. The molecule has 1 N–H and O–H groups in total. The van der Waals surface area contributed by atoms with E-state index in [9.17, 15) is 14.7 Å². The van der Waals surface area contributed by atoms with Crippen LogP contribution in [0.15, 0.2) is 60.2 Å². The van der Waals surface area contributed by atoms with Gasteiger partial charge in [-0.25, -0.2) is 0 Å². The molecular weight excluding hydrogens is 486 g/mol. The van der Waals surface area contributed by atoms with E-state index in [1.165, 1.54) is 26.2 Å². The molecule has 1 aliphatic heterocycles. The number of hydrogen-bond acceptors (Lipinski definition) is 7. The van der Waals surface area contributed by atoms with Crippen molar-refractivity contribution in [1.29, 1.82) is 0 Å². The molecule has 0 bridgehead atoms. The van der Waals surface area contributed by atoms with Gasteiger partial charge in [-0.2, -0.15) is 0 Å². The molecule has 3 aromatic carbocycles. The van der Waals surface area contributed by atoms with Crippen molar-refractivity contribution >= 4 is 17.4 Å². The zero-order valence-corrected chi connectivity index (χ0v) is 22.3. The minimum atomic E-state index is -0.887. The molecule has 3 aromatic rings. The van der Waals surface area contributed by atoms with Gasteiger partial charge in [0.15, 0.2) is 11.5 Å². The van der Waals surface area contributed by atoms with E-state index in [4.69, 9.17) is 18.9 Å². The first-order valence-corrected chi connectivity index (χ1v) is 12.0. The second-order valence-corrected chi connectivity index (χ2v) is 9.05. The quantitative estimate of drug-likeness (QED) is 0.256. The van der Waals surface area contributed by atoms with E-state index in [1.54, 1.807) is 43.5 Å². The molecule has 8 nitrogen and oxygen atoms in total. The third kappa shape index (κ3) is 4.77. The molecule has 0 saturated carbocycles. The number of methoxy groups -OCH3 is 4. The fourth-order valence-electron chi connectivity index (χ4n) is 4.89. The summed E-state index contributed by atoms with van der Waals surface area (Å²) in [7, 11) is 6.12. The van der Waals surface area contributed by atoms with Crippen LogP contribution < -0.4 is 18.9 Å². The Kier molecular flexibility index (Phi) is 7.62. The van der Waals surface area contributed by atoms with E-state index >= 15 is 0 Å². The highest BCUT2D eigenvalue weighted by atomic mass is 16.5. The second kappa shape index (κ2) is 10.9. The van der Waals surface area contributed by atoms with Crippen molar-refractivity contribution in [2.24, 2.45) is 0 Å². The zero-order valence-electron chi connectivity index (χ0n) is 22.3. The minimum Gasteiger partial charge on any atom is -0.507 e. The first kappa shape index (κ1) is 26.6. The lowest BCUT2D eigenvalue weighted by Gasteiger charge is -2.26. The maximum atomic E-state index is 13.5. The highest BCUT2D eigenvalue weighted by Crippen LogP contribution is 2.44. The molecule has 4 rings (SSSR count). The lowest BCUT2D eigenvalue weighted by Crippen LogP contribution is -2.29. The molecular formula is C30H31NO7. The SMILES string of the molecule is COc1ccc(CN2C(=O)C(=O)/C(=C(/O)c3cc(C)cc(C)c3OC)C2c2ccc(OC)c(OC)c2)cc1. The molecule has 0 aromatic heterocycles. The lowest BCUT2D eigenvalue weighted by atomic mass is 9.93. The number of aliphatic hydroxyl groups is 1. The number of carbonyl (C=O) groups is 2. The predicted octanol–water partition coefficient (Wildman–Crippen LogP) is 4.96. The van der Waals surface area contributed by atoms with Crippen molar-refractivity contribution in [2.75, 3.05) is 28.4 Å². The third-order valence-electron chi connectivity index (χ3n) is 6.65. The van der Waals surface area contributed by atoms with Gasteiger partial charge < -0.3 is 29.0 Å². The fourth-order valence-corrected chi connectivity index (χ4v) is 4.89. The molecule has 38 heavy (non-hydrogen) atoms. The molecule has 198 valence electrons. The van der Waals surface area contributed by atoms with Gasteiger partial charge in [-0.05, 0) is 66.4 Å². The summed E-state index contributed by atoms with van der Waals surface area (Å²) in [4.78, 5) is 28.4. The van der Waals surface area contributed by atoms with E-state index in [2.05, 4.69) is 0 Å². The number of aliphatic hydroxyl groups excluding tert-OH is 1. The van der Waals surface area contributed by atoms with Crippen LogP contribution in [-0.2, 0) is 16.1 Å². The molecule has 1 atom stereocenters. The van der Waals surface area contributed by atoms with Crippen LogP contribution in [-0.4, -0.2) is 50.1 Å². The van der Waals surface area contributed by atoms with Crippen LogP contribution in [0.5, 0.6) is 23.0 Å². The van der Waals surface area contributed by atoms with Crippen LogP contribution in [0.1, 0.15) is 33.9 Å². The van der Waals surface area contributed by atoms with Crippen LogP contribution in [0.4, 0.5) is 0 Å². The summed E-state index contributed by atoms with van der Waals surface area (Å²) in [5.41, 5.74) is 3.36. The summed E-state index contributed by atoms with van der Waals surface area (Å²) in [6, 6.07) is 15.2. The number of amides is 1. The first-order valence-electron chi connectivity index (χ1n) is 12.0. The Bertz CT molecular complexity index is 1410. The van der Waals surface area contributed by atoms with E-state index in [0.29, 0.717) is 34.1 Å². The molecule has 0 spiro atoms. The van der Waals surface area contributed by atoms with E-state index in [0.717, 1.165) is 16.7 Å². The topological polar surface area (TPSA) is 94.5 Å². The molecule has 0 radical (unpaired) electrons. The van der Waals surface area contributed by atoms with Crippen LogP contribution in [0.2, 0.25) is 0 Å². The lowest BCUT2D eigenvalue weighted by molar-refractivity contribution is -0.140. The molecule has 1 unspecified atom stereocenters. The van der Waals surface area contributed by atoms with Gasteiger partial charge in [-0.15, -0.1) is 0 Å². The molecule has 1 aliphatic rings. The third-order valence-corrected chi connectivity index (χ3v) is 6.65. The largest absolute Gasteiger partial charge is 0.507 e. The van der Waals surface area contributed by atoms with Crippen LogP contribution in [0, 0.1) is 13.8 Å². The van der Waals surface area contributed by atoms with Crippen molar-refractivity contribution in [3.8, 4) is 23.0 Å². The molecule has 0 aliphatic carbocycles. The number of Topliss-reactive ketones (excluding diaryl/α,β-unsaturated/α-hetero) is 1. The summed E-state index contributed by atoms with van der Waals surface area (Å²) in [6.45, 7) is 3.88. The Morgan fingerprint density at radius 2 is 1.53 bits per heavy atom. The van der Waals surface area contributed by atoms with E-state index in [-0.39, 0.29) is 17.9 Å². The molecule has 1 fully saturated rings. The standard InChI is InChI=1S/C30H31NO7/c1-17-13-18(2)29(38-6)22(14-17)27(32)25-26(20-9-12-23(36-4)24(15-20)37-5)31(30(34)28(25)33)16-19-7-10-21(35-3)11-8-19/h7-15,26,32H,16H2,1-6H3/b27-25+. The van der Waals surface area contributed by atoms with Crippen molar-refractivity contribution in [1.82, 2.24) is 4.90 Å². The maximum Gasteiger partial charge on any atom is 0.295 e. The van der Waals surface area contributed by atoms with Gasteiger partial charge in [-0.1, -0.05) is 24.3 Å². The maximum absolute atomic E-state index is 13.5. The Labute approximate surface area is 222 Å². The van der Waals surface area contributed by atoms with Crippen molar-refractivity contribution in [2.45, 2.75) is 26.4 Å². The van der Waals surface area contributed by atoms with Crippen molar-refractivity contribution in [3.63, 3.8) is 0 Å². The van der Waals surface area contributed by atoms with Crippen LogP contribution in [0.25, 0.3) is 5.76 Å². The zero-order chi connectivity index (χ0) is 27.6. The summed E-state index contributed by atoms with van der Waals surface area (Å²) in [6.07, 6.45) is 0. The molecule has 1 saturated heterocycles. The Hall–Kier alpha value is -4.46. The number of carbonyl (C=O) groups excluding carboxylic acids is 2. The van der Waals surface area contributed by atoms with Gasteiger partial charge in [0.2, 0.25) is 0 Å². The van der Waals surface area contributed by atoms with Crippen LogP contribution in [0.3, 0.4) is 0 Å². The fraction of sp³-hybridized carbons (Fsp3) is 0.267. The summed E-state index contributed by atoms with van der Waals surface area (Å²) >= 11 is 0. The first-order chi connectivity index (χ1) is 18.2. The van der Waals surface area contributed by atoms with E-state index < -0.39 is 17.7 Å². The van der Waals surface area contributed by atoms with Crippen molar-refractivity contribution in [3.05, 3.63) is 88.0 Å².